The summed E-state index contributed by atoms with van der Waals surface area (Å²) in [7, 11) is 0. The fourth-order valence-corrected chi connectivity index (χ4v) is 2.11. The average molecular weight is 346 g/mol. The Labute approximate surface area is 142 Å². The quantitative estimate of drug-likeness (QED) is 0.235. The molecule has 0 spiro atoms. The lowest BCUT2D eigenvalue weighted by Crippen LogP contribution is -2.56. The molecule has 0 aliphatic heterocycles. The molecule has 3 atom stereocenters. The third-order valence-corrected chi connectivity index (χ3v) is 3.44. The number of aliphatic carboxylic acids is 1. The first-order chi connectivity index (χ1) is 11.2. The summed E-state index contributed by atoms with van der Waals surface area (Å²) in [6, 6.07) is -3.14. The number of aliphatic hydroxyl groups is 1. The molecule has 9 nitrogen and oxygen atoms in total. The van der Waals surface area contributed by atoms with E-state index < -0.39 is 42.5 Å². The van der Waals surface area contributed by atoms with Crippen molar-refractivity contribution in [1.82, 2.24) is 10.6 Å². The molecular weight excluding hydrogens is 316 g/mol. The molecular formula is C15H30N4O5. The van der Waals surface area contributed by atoms with Crippen molar-refractivity contribution in [2.75, 3.05) is 13.2 Å². The summed E-state index contributed by atoms with van der Waals surface area (Å²) >= 11 is 0. The summed E-state index contributed by atoms with van der Waals surface area (Å²) in [5.74, 6) is -2.30. The molecule has 3 unspecified atom stereocenters. The molecule has 24 heavy (non-hydrogen) atoms. The summed E-state index contributed by atoms with van der Waals surface area (Å²) in [5.41, 5.74) is 11.1. The third-order valence-electron chi connectivity index (χ3n) is 3.44. The molecule has 140 valence electrons. The van der Waals surface area contributed by atoms with Gasteiger partial charge in [0.1, 0.15) is 12.1 Å². The van der Waals surface area contributed by atoms with Gasteiger partial charge in [0.25, 0.3) is 0 Å². The zero-order valence-corrected chi connectivity index (χ0v) is 14.3. The maximum atomic E-state index is 12.1. The van der Waals surface area contributed by atoms with Crippen LogP contribution < -0.4 is 22.1 Å². The number of carboxylic acid groups (broad SMARTS) is 1. The Hall–Kier alpha value is -1.71. The van der Waals surface area contributed by atoms with E-state index >= 15 is 0 Å². The van der Waals surface area contributed by atoms with Crippen molar-refractivity contribution in [3.63, 3.8) is 0 Å². The smallest absolute Gasteiger partial charge is 0.326 e. The molecule has 9 heteroatoms. The second-order valence-corrected chi connectivity index (χ2v) is 6.16. The van der Waals surface area contributed by atoms with E-state index in [-0.39, 0.29) is 12.3 Å². The van der Waals surface area contributed by atoms with Gasteiger partial charge in [-0.3, -0.25) is 9.59 Å². The van der Waals surface area contributed by atoms with Crippen LogP contribution in [0.1, 0.15) is 39.5 Å². The summed E-state index contributed by atoms with van der Waals surface area (Å²) in [4.78, 5) is 35.2. The molecule has 0 radical (unpaired) electrons. The lowest BCUT2D eigenvalue weighted by molar-refractivity contribution is -0.142. The van der Waals surface area contributed by atoms with E-state index in [0.717, 1.165) is 0 Å². The maximum absolute atomic E-state index is 12.1. The van der Waals surface area contributed by atoms with Crippen LogP contribution in [0.5, 0.6) is 0 Å². The summed E-state index contributed by atoms with van der Waals surface area (Å²) in [6.45, 7) is 3.59. The van der Waals surface area contributed by atoms with Crippen molar-refractivity contribution in [2.24, 2.45) is 17.4 Å². The number of aliphatic hydroxyl groups excluding tert-OH is 1. The Kier molecular flexibility index (Phi) is 10.9. The Balaban J connectivity index is 4.65. The molecule has 0 aromatic heterocycles. The van der Waals surface area contributed by atoms with Crippen LogP contribution in [-0.4, -0.2) is 59.3 Å². The molecule has 0 aliphatic carbocycles. The van der Waals surface area contributed by atoms with Crippen LogP contribution in [0.3, 0.4) is 0 Å². The molecule has 2 amide bonds. The van der Waals surface area contributed by atoms with Crippen molar-refractivity contribution < 1.29 is 24.6 Å². The number of nitrogens with two attached hydrogens (primary N) is 2. The van der Waals surface area contributed by atoms with Crippen molar-refractivity contribution in [3.05, 3.63) is 0 Å². The van der Waals surface area contributed by atoms with Gasteiger partial charge in [-0.2, -0.15) is 0 Å². The molecule has 0 heterocycles. The summed E-state index contributed by atoms with van der Waals surface area (Å²) < 4.78 is 0. The predicted octanol–water partition coefficient (Wildman–Crippen LogP) is -1.46. The number of nitrogens with one attached hydrogen (secondary N) is 2. The highest BCUT2D eigenvalue weighted by molar-refractivity contribution is 5.91. The lowest BCUT2D eigenvalue weighted by Gasteiger charge is -2.22. The molecule has 0 aromatic rings. The molecule has 0 saturated carbocycles. The average Bonchev–Trinajstić information content (AvgIpc) is 2.50. The highest BCUT2D eigenvalue weighted by Gasteiger charge is 2.27. The number of carboxylic acids is 1. The highest BCUT2D eigenvalue weighted by atomic mass is 16.4. The van der Waals surface area contributed by atoms with Gasteiger partial charge < -0.3 is 32.3 Å². The number of hydrogen-bond donors (Lipinski definition) is 6. The van der Waals surface area contributed by atoms with Crippen LogP contribution in [0, 0.1) is 5.92 Å². The SMILES string of the molecule is CC(C)CC(N)C(=O)NC(CO)C(=O)NC(CCCCN)C(=O)O. The minimum absolute atomic E-state index is 0.200. The van der Waals surface area contributed by atoms with Crippen LogP contribution in [0.25, 0.3) is 0 Å². The van der Waals surface area contributed by atoms with Gasteiger partial charge in [0.2, 0.25) is 11.8 Å². The van der Waals surface area contributed by atoms with E-state index in [1.807, 2.05) is 13.8 Å². The van der Waals surface area contributed by atoms with Crippen molar-refractivity contribution in [3.8, 4) is 0 Å². The van der Waals surface area contributed by atoms with Gasteiger partial charge in [0.15, 0.2) is 0 Å². The predicted molar refractivity (Wildman–Crippen MR) is 88.9 cm³/mol. The Morgan fingerprint density at radius 1 is 1.04 bits per heavy atom. The Bertz CT molecular complexity index is 417. The number of hydrogen-bond acceptors (Lipinski definition) is 6. The van der Waals surface area contributed by atoms with Gasteiger partial charge in [0.05, 0.1) is 12.6 Å². The second-order valence-electron chi connectivity index (χ2n) is 6.16. The standard InChI is InChI=1S/C15H30N4O5/c1-9(2)7-10(17)13(21)19-12(8-20)14(22)18-11(15(23)24)5-3-4-6-16/h9-12,20H,3-8,16-17H2,1-2H3,(H,18,22)(H,19,21)(H,23,24). The number of carbonyl (C=O) groups excluding carboxylic acids is 2. The van der Waals surface area contributed by atoms with E-state index in [1.165, 1.54) is 0 Å². The monoisotopic (exact) mass is 346 g/mol. The highest BCUT2D eigenvalue weighted by Crippen LogP contribution is 2.04. The van der Waals surface area contributed by atoms with Gasteiger partial charge in [0, 0.05) is 0 Å². The van der Waals surface area contributed by atoms with Crippen molar-refractivity contribution >= 4 is 17.8 Å². The molecule has 8 N–H and O–H groups in total. The van der Waals surface area contributed by atoms with Gasteiger partial charge in [-0.25, -0.2) is 4.79 Å². The van der Waals surface area contributed by atoms with Gasteiger partial charge in [-0.1, -0.05) is 13.8 Å². The fourth-order valence-electron chi connectivity index (χ4n) is 2.11. The van der Waals surface area contributed by atoms with Gasteiger partial charge in [-0.15, -0.1) is 0 Å². The first-order valence-corrected chi connectivity index (χ1v) is 8.12. The largest absolute Gasteiger partial charge is 0.480 e. The third kappa shape index (κ3) is 8.80. The number of rotatable bonds is 12. The molecule has 0 aromatic carbocycles. The fraction of sp³-hybridized carbons (Fsp3) is 0.800. The van der Waals surface area contributed by atoms with Crippen LogP contribution in [0.2, 0.25) is 0 Å². The van der Waals surface area contributed by atoms with Crippen LogP contribution >= 0.6 is 0 Å². The van der Waals surface area contributed by atoms with Gasteiger partial charge >= 0.3 is 5.97 Å². The first-order valence-electron chi connectivity index (χ1n) is 8.12. The van der Waals surface area contributed by atoms with Crippen molar-refractivity contribution in [1.29, 1.82) is 0 Å². The van der Waals surface area contributed by atoms with Crippen LogP contribution in [0.15, 0.2) is 0 Å². The normalized spacial score (nSPS) is 14.8. The number of amides is 2. The first kappa shape index (κ1) is 22.3. The van der Waals surface area contributed by atoms with Gasteiger partial charge in [-0.05, 0) is 38.1 Å². The maximum Gasteiger partial charge on any atom is 0.326 e. The Morgan fingerprint density at radius 3 is 2.08 bits per heavy atom. The second kappa shape index (κ2) is 11.8. The van der Waals surface area contributed by atoms with E-state index in [2.05, 4.69) is 10.6 Å². The van der Waals surface area contributed by atoms with Crippen LogP contribution in [0.4, 0.5) is 0 Å². The summed E-state index contributed by atoms with van der Waals surface area (Å²) in [6.07, 6.45) is 1.84. The van der Waals surface area contributed by atoms with Crippen molar-refractivity contribution in [2.45, 2.75) is 57.7 Å². The molecule has 0 bridgehead atoms. The van der Waals surface area contributed by atoms with E-state index in [1.54, 1.807) is 0 Å². The molecule has 0 aliphatic rings. The summed E-state index contributed by atoms with van der Waals surface area (Å²) in [5, 5.41) is 23.1. The molecule has 0 fully saturated rings. The van der Waals surface area contributed by atoms with Crippen LogP contribution in [-0.2, 0) is 14.4 Å². The van der Waals surface area contributed by atoms with E-state index in [9.17, 15) is 19.5 Å². The van der Waals surface area contributed by atoms with E-state index in [0.29, 0.717) is 25.8 Å². The van der Waals surface area contributed by atoms with E-state index in [4.69, 9.17) is 16.6 Å². The number of unbranched alkanes of at least 4 members (excludes halogenated alkanes) is 1. The molecule has 0 saturated heterocycles. The zero-order chi connectivity index (χ0) is 18.7. The minimum atomic E-state index is -1.24. The molecule has 0 rings (SSSR count). The Morgan fingerprint density at radius 2 is 1.62 bits per heavy atom. The zero-order valence-electron chi connectivity index (χ0n) is 14.3. The number of carbonyl (C=O) groups is 3. The lowest BCUT2D eigenvalue weighted by atomic mass is 10.0. The topological polar surface area (TPSA) is 168 Å². The minimum Gasteiger partial charge on any atom is -0.480 e.